The molecular formula is C15H17N3O2. The van der Waals surface area contributed by atoms with E-state index < -0.39 is 0 Å². The predicted octanol–water partition coefficient (Wildman–Crippen LogP) is 1.80. The molecule has 0 unspecified atom stereocenters. The molecule has 20 heavy (non-hydrogen) atoms. The summed E-state index contributed by atoms with van der Waals surface area (Å²) in [5.74, 6) is -0.0662. The molecule has 0 aromatic carbocycles. The van der Waals surface area contributed by atoms with E-state index >= 15 is 0 Å². The van der Waals surface area contributed by atoms with Gasteiger partial charge >= 0.3 is 0 Å². The van der Waals surface area contributed by atoms with Crippen LogP contribution in [0.25, 0.3) is 11.0 Å². The van der Waals surface area contributed by atoms with Crippen LogP contribution in [0, 0.1) is 0 Å². The Morgan fingerprint density at radius 3 is 2.80 bits per heavy atom. The van der Waals surface area contributed by atoms with E-state index in [4.69, 9.17) is 4.42 Å². The van der Waals surface area contributed by atoms with Crippen molar-refractivity contribution in [1.29, 1.82) is 0 Å². The third-order valence-electron chi connectivity index (χ3n) is 4.67. The fraction of sp³-hybridized carbons (Fsp3) is 0.467. The van der Waals surface area contributed by atoms with Crippen LogP contribution in [-0.4, -0.2) is 41.0 Å². The molecule has 5 rings (SSSR count). The van der Waals surface area contributed by atoms with Crippen molar-refractivity contribution >= 4 is 16.9 Å². The van der Waals surface area contributed by atoms with Gasteiger partial charge in [-0.15, -0.1) is 0 Å². The molecule has 104 valence electrons. The molecule has 1 N–H and O–H groups in total. The van der Waals surface area contributed by atoms with Crippen molar-refractivity contribution in [2.75, 3.05) is 19.6 Å². The first-order valence-electron chi connectivity index (χ1n) is 7.12. The van der Waals surface area contributed by atoms with Crippen molar-refractivity contribution in [3.8, 4) is 0 Å². The van der Waals surface area contributed by atoms with Gasteiger partial charge in [0, 0.05) is 30.6 Å². The van der Waals surface area contributed by atoms with Gasteiger partial charge in [0.15, 0.2) is 5.58 Å². The summed E-state index contributed by atoms with van der Waals surface area (Å²) in [6.07, 6.45) is 6.38. The molecule has 3 saturated heterocycles. The Balaban J connectivity index is 1.57. The SMILES string of the molecule is O=C(NC12CCN(CC1)CC2)c1cc2ccoc2cn1. The molecule has 3 aliphatic rings. The Bertz CT molecular complexity index is 642. The molecule has 2 aromatic heterocycles. The van der Waals surface area contributed by atoms with E-state index in [0.717, 1.165) is 44.3 Å². The van der Waals surface area contributed by atoms with E-state index in [1.54, 1.807) is 18.5 Å². The number of aromatic nitrogens is 1. The van der Waals surface area contributed by atoms with Gasteiger partial charge in [-0.1, -0.05) is 0 Å². The lowest BCUT2D eigenvalue weighted by atomic mass is 9.80. The number of amides is 1. The third-order valence-corrected chi connectivity index (χ3v) is 4.67. The number of hydrogen-bond acceptors (Lipinski definition) is 4. The molecule has 1 amide bonds. The maximum Gasteiger partial charge on any atom is 0.270 e. The summed E-state index contributed by atoms with van der Waals surface area (Å²) >= 11 is 0. The second-order valence-electron chi connectivity index (χ2n) is 5.85. The largest absolute Gasteiger partial charge is 0.463 e. The van der Waals surface area contributed by atoms with Crippen molar-refractivity contribution in [2.24, 2.45) is 0 Å². The van der Waals surface area contributed by atoms with Crippen molar-refractivity contribution in [3.63, 3.8) is 0 Å². The normalized spacial score (nSPS) is 28.7. The minimum Gasteiger partial charge on any atom is -0.463 e. The third kappa shape index (κ3) is 1.89. The highest BCUT2D eigenvalue weighted by atomic mass is 16.3. The zero-order valence-corrected chi connectivity index (χ0v) is 11.3. The lowest BCUT2D eigenvalue weighted by molar-refractivity contribution is 0.0513. The molecule has 0 atom stereocenters. The maximum atomic E-state index is 12.4. The maximum absolute atomic E-state index is 12.4. The zero-order valence-electron chi connectivity index (χ0n) is 11.3. The summed E-state index contributed by atoms with van der Waals surface area (Å²) in [5, 5.41) is 4.15. The van der Waals surface area contributed by atoms with Gasteiger partial charge in [-0.3, -0.25) is 4.79 Å². The molecule has 0 radical (unpaired) electrons. The molecule has 3 fully saturated rings. The monoisotopic (exact) mass is 271 g/mol. The molecule has 2 aromatic rings. The van der Waals surface area contributed by atoms with Gasteiger partial charge in [-0.05, 0) is 31.4 Å². The Hall–Kier alpha value is -1.88. The summed E-state index contributed by atoms with van der Waals surface area (Å²) in [6, 6.07) is 3.65. The number of hydrogen-bond donors (Lipinski definition) is 1. The van der Waals surface area contributed by atoms with Crippen LogP contribution in [0.1, 0.15) is 29.8 Å². The van der Waals surface area contributed by atoms with E-state index in [1.807, 2.05) is 6.07 Å². The standard InChI is InChI=1S/C15H17N3O2/c19-14(12-9-11-1-8-20-13(11)10-16-12)17-15-2-5-18(6-3-15)7-4-15/h1,8-10H,2-7H2,(H,17,19). The quantitative estimate of drug-likeness (QED) is 0.904. The number of fused-ring (bicyclic) bond motifs is 4. The molecule has 0 spiro atoms. The van der Waals surface area contributed by atoms with E-state index in [9.17, 15) is 4.79 Å². The van der Waals surface area contributed by atoms with Crippen molar-refractivity contribution in [1.82, 2.24) is 15.2 Å². The van der Waals surface area contributed by atoms with Crippen LogP contribution in [-0.2, 0) is 0 Å². The molecular weight excluding hydrogens is 254 g/mol. The Kier molecular flexibility index (Phi) is 2.57. The predicted molar refractivity (Wildman–Crippen MR) is 74.5 cm³/mol. The minimum atomic E-state index is -0.0662. The van der Waals surface area contributed by atoms with Crippen LogP contribution in [0.4, 0.5) is 0 Å². The fourth-order valence-corrected chi connectivity index (χ4v) is 3.31. The van der Waals surface area contributed by atoms with Crippen LogP contribution >= 0.6 is 0 Å². The Morgan fingerprint density at radius 1 is 1.30 bits per heavy atom. The highest BCUT2D eigenvalue weighted by Crippen LogP contribution is 2.32. The number of piperidine rings is 3. The molecule has 3 aliphatic heterocycles. The van der Waals surface area contributed by atoms with Gasteiger partial charge in [0.05, 0.1) is 12.5 Å². The fourth-order valence-electron chi connectivity index (χ4n) is 3.31. The zero-order chi connectivity index (χ0) is 13.6. The second kappa shape index (κ2) is 4.31. The van der Waals surface area contributed by atoms with Crippen molar-refractivity contribution in [2.45, 2.75) is 24.8 Å². The topological polar surface area (TPSA) is 58.4 Å². The average Bonchev–Trinajstić information content (AvgIpc) is 2.96. The van der Waals surface area contributed by atoms with E-state index in [0.29, 0.717) is 11.3 Å². The molecule has 2 bridgehead atoms. The Morgan fingerprint density at radius 2 is 2.05 bits per heavy atom. The summed E-state index contributed by atoms with van der Waals surface area (Å²) in [6.45, 7) is 3.28. The number of pyridine rings is 1. The number of carbonyl (C=O) groups excluding carboxylic acids is 1. The highest BCUT2D eigenvalue weighted by Gasteiger charge is 2.40. The van der Waals surface area contributed by atoms with Gasteiger partial charge in [-0.25, -0.2) is 4.98 Å². The number of nitrogens with one attached hydrogen (secondary N) is 1. The first-order valence-corrected chi connectivity index (χ1v) is 7.12. The van der Waals surface area contributed by atoms with Gasteiger partial charge in [0.25, 0.3) is 5.91 Å². The minimum absolute atomic E-state index is 0.0150. The lowest BCUT2D eigenvalue weighted by Crippen LogP contribution is -2.61. The summed E-state index contributed by atoms with van der Waals surface area (Å²) in [4.78, 5) is 19.1. The van der Waals surface area contributed by atoms with Crippen LogP contribution in [0.5, 0.6) is 0 Å². The van der Waals surface area contributed by atoms with Crippen LogP contribution in [0.3, 0.4) is 0 Å². The van der Waals surface area contributed by atoms with Gasteiger partial charge < -0.3 is 14.6 Å². The smallest absolute Gasteiger partial charge is 0.270 e. The second-order valence-corrected chi connectivity index (χ2v) is 5.85. The molecule has 5 nitrogen and oxygen atoms in total. The number of carbonyl (C=O) groups is 1. The summed E-state index contributed by atoms with van der Waals surface area (Å²) in [7, 11) is 0. The van der Waals surface area contributed by atoms with Crippen molar-refractivity contribution in [3.05, 3.63) is 30.3 Å². The molecule has 5 heteroatoms. The summed E-state index contributed by atoms with van der Waals surface area (Å²) in [5.41, 5.74) is 1.17. The van der Waals surface area contributed by atoms with Crippen molar-refractivity contribution < 1.29 is 9.21 Å². The average molecular weight is 271 g/mol. The van der Waals surface area contributed by atoms with E-state index in [2.05, 4.69) is 15.2 Å². The summed E-state index contributed by atoms with van der Waals surface area (Å²) < 4.78 is 5.25. The molecule has 0 saturated carbocycles. The lowest BCUT2D eigenvalue weighted by Gasteiger charge is -2.48. The van der Waals surface area contributed by atoms with E-state index in [1.165, 1.54) is 0 Å². The van der Waals surface area contributed by atoms with Crippen LogP contribution in [0.2, 0.25) is 0 Å². The highest BCUT2D eigenvalue weighted by molar-refractivity contribution is 5.95. The first-order chi connectivity index (χ1) is 9.74. The van der Waals surface area contributed by atoms with E-state index in [-0.39, 0.29) is 11.4 Å². The number of rotatable bonds is 2. The number of furan rings is 1. The number of nitrogens with zero attached hydrogens (tertiary/aromatic N) is 2. The van der Waals surface area contributed by atoms with Gasteiger partial charge in [0.2, 0.25) is 0 Å². The first kappa shape index (κ1) is 11.9. The Labute approximate surface area is 117 Å². The van der Waals surface area contributed by atoms with Gasteiger partial charge in [-0.2, -0.15) is 0 Å². The molecule has 5 heterocycles. The van der Waals surface area contributed by atoms with Crippen LogP contribution < -0.4 is 5.32 Å². The van der Waals surface area contributed by atoms with Crippen LogP contribution in [0.15, 0.2) is 29.0 Å². The molecule has 0 aliphatic carbocycles. The van der Waals surface area contributed by atoms with Gasteiger partial charge in [0.1, 0.15) is 5.69 Å².